The first kappa shape index (κ1) is 18.1. The lowest BCUT2D eigenvalue weighted by Crippen LogP contribution is -2.12. The first-order chi connectivity index (χ1) is 12.8. The van der Waals surface area contributed by atoms with Crippen LogP contribution < -0.4 is 0 Å². The molecule has 0 bridgehead atoms. The van der Waals surface area contributed by atoms with E-state index in [-0.39, 0.29) is 5.41 Å². The fraction of sp³-hybridized carbons (Fsp3) is 0.238. The van der Waals surface area contributed by atoms with Gasteiger partial charge in [-0.3, -0.25) is 4.68 Å². The van der Waals surface area contributed by atoms with E-state index >= 15 is 0 Å². The second kappa shape index (κ2) is 6.39. The van der Waals surface area contributed by atoms with E-state index in [4.69, 9.17) is 28.2 Å². The molecule has 138 valence electrons. The first-order valence-corrected chi connectivity index (χ1v) is 9.49. The van der Waals surface area contributed by atoms with Crippen molar-refractivity contribution in [2.75, 3.05) is 0 Å². The van der Waals surface area contributed by atoms with Crippen molar-refractivity contribution in [3.05, 3.63) is 58.2 Å². The van der Waals surface area contributed by atoms with Gasteiger partial charge in [-0.1, -0.05) is 68.2 Å². The Kier molecular flexibility index (Phi) is 4.28. The monoisotopic (exact) mass is 398 g/mol. The van der Waals surface area contributed by atoms with Gasteiger partial charge in [0.1, 0.15) is 5.69 Å². The highest BCUT2D eigenvalue weighted by Gasteiger charge is 2.26. The van der Waals surface area contributed by atoms with Gasteiger partial charge in [0, 0.05) is 23.0 Å². The van der Waals surface area contributed by atoms with E-state index < -0.39 is 0 Å². The Balaban J connectivity index is 1.84. The van der Waals surface area contributed by atoms with Crippen molar-refractivity contribution in [2.45, 2.75) is 26.2 Å². The van der Waals surface area contributed by atoms with Crippen LogP contribution in [0.3, 0.4) is 0 Å². The van der Waals surface area contributed by atoms with E-state index in [9.17, 15) is 0 Å². The topological polar surface area (TPSA) is 46.5 Å². The maximum atomic E-state index is 6.66. The van der Waals surface area contributed by atoms with Crippen molar-refractivity contribution in [3.63, 3.8) is 0 Å². The third-order valence-corrected chi connectivity index (χ3v) is 5.28. The Morgan fingerprint density at radius 1 is 1.04 bits per heavy atom. The van der Waals surface area contributed by atoms with Crippen LogP contribution in [0.15, 0.2) is 42.5 Å². The molecule has 0 fully saturated rings. The number of nitrogens with zero attached hydrogens (tertiary/aromatic N) is 3. The molecule has 1 N–H and O–H groups in total. The third-order valence-electron chi connectivity index (χ3n) is 4.59. The lowest BCUT2D eigenvalue weighted by atomic mass is 9.92. The molecule has 0 saturated carbocycles. The number of H-pyrrole nitrogens is 1. The van der Waals surface area contributed by atoms with Gasteiger partial charge < -0.3 is 4.98 Å². The largest absolute Gasteiger partial charge is 0.337 e. The average molecular weight is 399 g/mol. The SMILES string of the molecule is Cn1nc(C(C)(C)C)c(Cl)c1-c1nc2ccc(-c3ccccc3Cl)cc2[nH]1. The van der Waals surface area contributed by atoms with E-state index in [1.54, 1.807) is 4.68 Å². The van der Waals surface area contributed by atoms with Crippen LogP contribution in [-0.4, -0.2) is 19.7 Å². The summed E-state index contributed by atoms with van der Waals surface area (Å²) < 4.78 is 1.79. The molecule has 0 radical (unpaired) electrons. The molecule has 0 aliphatic carbocycles. The molecule has 2 heterocycles. The number of rotatable bonds is 2. The van der Waals surface area contributed by atoms with E-state index in [2.05, 4.69) is 36.9 Å². The van der Waals surface area contributed by atoms with Gasteiger partial charge in [-0.25, -0.2) is 4.98 Å². The van der Waals surface area contributed by atoms with Crippen LogP contribution in [0.1, 0.15) is 26.5 Å². The summed E-state index contributed by atoms with van der Waals surface area (Å²) in [6.45, 7) is 6.29. The lowest BCUT2D eigenvalue weighted by Gasteiger charge is -2.15. The molecule has 27 heavy (non-hydrogen) atoms. The molecule has 0 aliphatic heterocycles. The first-order valence-electron chi connectivity index (χ1n) is 8.73. The molecule has 2 aromatic carbocycles. The highest BCUT2D eigenvalue weighted by Crippen LogP contribution is 2.36. The molecule has 0 atom stereocenters. The van der Waals surface area contributed by atoms with Crippen LogP contribution in [0, 0.1) is 0 Å². The smallest absolute Gasteiger partial charge is 0.158 e. The zero-order valence-corrected chi connectivity index (χ0v) is 17.2. The van der Waals surface area contributed by atoms with Crippen LogP contribution in [0.4, 0.5) is 0 Å². The summed E-state index contributed by atoms with van der Waals surface area (Å²) in [6, 6.07) is 13.9. The Morgan fingerprint density at radius 3 is 2.44 bits per heavy atom. The summed E-state index contributed by atoms with van der Waals surface area (Å²) in [5, 5.41) is 5.97. The van der Waals surface area contributed by atoms with Gasteiger partial charge in [0.05, 0.1) is 21.7 Å². The van der Waals surface area contributed by atoms with E-state index in [1.165, 1.54) is 0 Å². The molecule has 0 aliphatic rings. The molecule has 0 saturated heterocycles. The summed E-state index contributed by atoms with van der Waals surface area (Å²) in [4.78, 5) is 8.11. The number of aromatic nitrogens is 4. The zero-order chi connectivity index (χ0) is 19.3. The average Bonchev–Trinajstić information content (AvgIpc) is 3.14. The minimum atomic E-state index is -0.143. The number of aryl methyl sites for hydroxylation is 1. The molecule has 4 nitrogen and oxygen atoms in total. The Hall–Kier alpha value is -2.30. The molecule has 6 heteroatoms. The number of nitrogens with one attached hydrogen (secondary N) is 1. The van der Waals surface area contributed by atoms with Crippen molar-refractivity contribution in [2.24, 2.45) is 7.05 Å². The number of hydrogen-bond acceptors (Lipinski definition) is 2. The summed E-state index contributed by atoms with van der Waals surface area (Å²) in [7, 11) is 1.89. The maximum absolute atomic E-state index is 6.66. The summed E-state index contributed by atoms with van der Waals surface area (Å²) >= 11 is 13.0. The molecule has 0 spiro atoms. The number of halogens is 2. The van der Waals surface area contributed by atoms with Crippen molar-refractivity contribution in [1.82, 2.24) is 19.7 Å². The fourth-order valence-electron chi connectivity index (χ4n) is 3.22. The number of hydrogen-bond donors (Lipinski definition) is 1. The minimum absolute atomic E-state index is 0.143. The Bertz CT molecular complexity index is 1150. The minimum Gasteiger partial charge on any atom is -0.337 e. The van der Waals surface area contributed by atoms with E-state index in [0.717, 1.165) is 38.6 Å². The summed E-state index contributed by atoms with van der Waals surface area (Å²) in [5.74, 6) is 0.705. The predicted molar refractivity (Wildman–Crippen MR) is 112 cm³/mol. The van der Waals surface area contributed by atoms with Crippen LogP contribution in [-0.2, 0) is 12.5 Å². The molecule has 4 rings (SSSR count). The van der Waals surface area contributed by atoms with Gasteiger partial charge in [0.15, 0.2) is 5.82 Å². The normalized spacial score (nSPS) is 12.1. The van der Waals surface area contributed by atoms with Gasteiger partial charge in [-0.15, -0.1) is 0 Å². The van der Waals surface area contributed by atoms with Gasteiger partial charge in [0.2, 0.25) is 0 Å². The molecule has 4 aromatic rings. The standard InChI is InChI=1S/C21H20Cl2N4/c1-21(2,3)19-17(23)18(27(4)26-19)20-24-15-10-9-12(11-16(15)25-20)13-7-5-6-8-14(13)22/h5-11H,1-4H3,(H,24,25). The molecular formula is C21H20Cl2N4. The van der Waals surface area contributed by atoms with Crippen molar-refractivity contribution in [1.29, 1.82) is 0 Å². The van der Waals surface area contributed by atoms with E-state index in [1.807, 2.05) is 43.4 Å². The molecule has 2 aromatic heterocycles. The number of imidazole rings is 1. The Labute approximate surface area is 168 Å². The number of aromatic amines is 1. The van der Waals surface area contributed by atoms with Crippen LogP contribution in [0.2, 0.25) is 10.0 Å². The summed E-state index contributed by atoms with van der Waals surface area (Å²) in [5.41, 5.74) is 5.33. The van der Waals surface area contributed by atoms with Gasteiger partial charge in [-0.05, 0) is 23.8 Å². The van der Waals surface area contributed by atoms with Crippen LogP contribution in [0.25, 0.3) is 33.7 Å². The number of fused-ring (bicyclic) bond motifs is 1. The fourth-order valence-corrected chi connectivity index (χ4v) is 4.00. The van der Waals surface area contributed by atoms with Crippen molar-refractivity contribution >= 4 is 34.2 Å². The highest BCUT2D eigenvalue weighted by molar-refractivity contribution is 6.34. The van der Waals surface area contributed by atoms with Crippen molar-refractivity contribution in [3.8, 4) is 22.6 Å². The third kappa shape index (κ3) is 3.13. The van der Waals surface area contributed by atoms with Crippen molar-refractivity contribution < 1.29 is 0 Å². The highest BCUT2D eigenvalue weighted by atomic mass is 35.5. The van der Waals surface area contributed by atoms with Crippen LogP contribution >= 0.6 is 23.2 Å². The second-order valence-corrected chi connectivity index (χ2v) is 8.47. The van der Waals surface area contributed by atoms with Gasteiger partial charge in [-0.2, -0.15) is 5.10 Å². The Morgan fingerprint density at radius 2 is 1.78 bits per heavy atom. The summed E-state index contributed by atoms with van der Waals surface area (Å²) in [6.07, 6.45) is 0. The maximum Gasteiger partial charge on any atom is 0.158 e. The van der Waals surface area contributed by atoms with E-state index in [0.29, 0.717) is 10.8 Å². The van der Waals surface area contributed by atoms with Gasteiger partial charge in [0.25, 0.3) is 0 Å². The zero-order valence-electron chi connectivity index (χ0n) is 15.6. The lowest BCUT2D eigenvalue weighted by molar-refractivity contribution is 0.553. The number of benzene rings is 2. The molecule has 0 unspecified atom stereocenters. The predicted octanol–water partition coefficient (Wildman–Crippen LogP) is 6.23. The molecule has 0 amide bonds. The molecular weight excluding hydrogens is 379 g/mol. The quantitative estimate of drug-likeness (QED) is 0.434. The van der Waals surface area contributed by atoms with Gasteiger partial charge >= 0.3 is 0 Å². The van der Waals surface area contributed by atoms with Crippen LogP contribution in [0.5, 0.6) is 0 Å². The second-order valence-electron chi connectivity index (χ2n) is 7.68.